The molecular weight excluding hydrogens is 468 g/mol. The van der Waals surface area contributed by atoms with Crippen LogP contribution in [0.25, 0.3) is 10.8 Å². The number of fused-ring (bicyclic) bond motifs is 1. The second-order valence-corrected chi connectivity index (χ2v) is 10.5. The fourth-order valence-electron chi connectivity index (χ4n) is 4.37. The number of carbonyl (C=O) groups is 3. The van der Waals surface area contributed by atoms with E-state index in [1.807, 2.05) is 35.2 Å². The molecule has 0 unspecified atom stereocenters. The van der Waals surface area contributed by atoms with Crippen LogP contribution in [0.15, 0.2) is 77.7 Å². The van der Waals surface area contributed by atoms with Crippen LogP contribution >= 0.6 is 0 Å². The number of rotatable bonds is 6. The Kier molecular flexibility index (Phi) is 6.10. The quantitative estimate of drug-likeness (QED) is 0.386. The highest BCUT2D eigenvalue weighted by atomic mass is 32.2. The van der Waals surface area contributed by atoms with E-state index in [2.05, 4.69) is 0 Å². The molecule has 3 aromatic carbocycles. The molecule has 0 radical (unpaired) electrons. The maximum absolute atomic E-state index is 13.2. The molecule has 5 rings (SSSR count). The van der Waals surface area contributed by atoms with Crippen LogP contribution < -0.4 is 0 Å². The van der Waals surface area contributed by atoms with E-state index in [1.54, 1.807) is 42.5 Å². The van der Waals surface area contributed by atoms with Gasteiger partial charge in [-0.1, -0.05) is 60.7 Å². The minimum Gasteiger partial charge on any atom is -0.283 e. The minimum absolute atomic E-state index is 0.0263. The molecule has 0 bridgehead atoms. The van der Waals surface area contributed by atoms with Gasteiger partial charge in [0.1, 0.15) is 0 Å². The van der Waals surface area contributed by atoms with Crippen molar-refractivity contribution in [2.24, 2.45) is 0 Å². The van der Waals surface area contributed by atoms with Crippen LogP contribution in [-0.4, -0.2) is 78.1 Å². The summed E-state index contributed by atoms with van der Waals surface area (Å²) in [5.74, 6) is -1.71. The topological polar surface area (TPSA) is 98.3 Å². The van der Waals surface area contributed by atoms with E-state index < -0.39 is 27.9 Å². The number of amides is 4. The number of nitrogens with zero attached hydrogens (tertiary/aromatic N) is 4. The number of hydrogen-bond donors (Lipinski definition) is 0. The molecule has 0 aromatic heterocycles. The summed E-state index contributed by atoms with van der Waals surface area (Å²) < 4.78 is 27.8. The summed E-state index contributed by atoms with van der Waals surface area (Å²) in [7, 11) is -3.68. The molecular formula is C25H24N4O5S. The monoisotopic (exact) mass is 492 g/mol. The Morgan fingerprint density at radius 1 is 0.686 bits per heavy atom. The molecule has 10 heteroatoms. The molecule has 2 aliphatic rings. The Bertz CT molecular complexity index is 1400. The highest BCUT2D eigenvalue weighted by molar-refractivity contribution is 7.89. The second-order valence-electron chi connectivity index (χ2n) is 8.57. The van der Waals surface area contributed by atoms with Crippen molar-refractivity contribution >= 4 is 38.6 Å². The molecule has 9 nitrogen and oxygen atoms in total. The zero-order valence-corrected chi connectivity index (χ0v) is 19.7. The zero-order chi connectivity index (χ0) is 24.6. The largest absolute Gasteiger partial charge is 0.335 e. The molecule has 0 aliphatic carbocycles. The molecule has 0 saturated carbocycles. The van der Waals surface area contributed by atoms with Gasteiger partial charge in [0.05, 0.1) is 18.1 Å². The van der Waals surface area contributed by atoms with Gasteiger partial charge in [-0.05, 0) is 28.5 Å². The van der Waals surface area contributed by atoms with Gasteiger partial charge in [-0.3, -0.25) is 19.4 Å². The third kappa shape index (κ3) is 4.43. The smallest absolute Gasteiger partial charge is 0.283 e. The van der Waals surface area contributed by atoms with Gasteiger partial charge in [0.15, 0.2) is 0 Å². The summed E-state index contributed by atoms with van der Waals surface area (Å²) in [6, 6.07) is 21.0. The van der Waals surface area contributed by atoms with Gasteiger partial charge >= 0.3 is 17.8 Å². The maximum Gasteiger partial charge on any atom is 0.335 e. The van der Waals surface area contributed by atoms with Crippen LogP contribution in [0, 0.1) is 0 Å². The number of imide groups is 2. The van der Waals surface area contributed by atoms with Gasteiger partial charge in [-0.15, -0.1) is 0 Å². The lowest BCUT2D eigenvalue weighted by atomic mass is 10.1. The van der Waals surface area contributed by atoms with E-state index in [4.69, 9.17) is 0 Å². The van der Waals surface area contributed by atoms with Crippen LogP contribution in [0.3, 0.4) is 0 Å². The van der Waals surface area contributed by atoms with Crippen molar-refractivity contribution < 1.29 is 22.8 Å². The number of carbonyl (C=O) groups excluding carboxylic acids is 3. The van der Waals surface area contributed by atoms with E-state index in [9.17, 15) is 22.8 Å². The lowest BCUT2D eigenvalue weighted by Crippen LogP contribution is -2.52. The van der Waals surface area contributed by atoms with Crippen molar-refractivity contribution in [3.63, 3.8) is 0 Å². The van der Waals surface area contributed by atoms with Crippen molar-refractivity contribution in [3.8, 4) is 0 Å². The first kappa shape index (κ1) is 23.2. The van der Waals surface area contributed by atoms with Gasteiger partial charge in [-0.2, -0.15) is 4.31 Å². The molecule has 35 heavy (non-hydrogen) atoms. The molecule has 0 N–H and O–H groups in total. The summed E-state index contributed by atoms with van der Waals surface area (Å²) in [5, 5.41) is 1.81. The molecule has 2 saturated heterocycles. The first-order chi connectivity index (χ1) is 16.8. The predicted octanol–water partition coefficient (Wildman–Crippen LogP) is 2.09. The predicted molar refractivity (Wildman–Crippen MR) is 128 cm³/mol. The van der Waals surface area contributed by atoms with Gasteiger partial charge in [0.2, 0.25) is 10.0 Å². The van der Waals surface area contributed by atoms with Crippen molar-refractivity contribution in [1.29, 1.82) is 0 Å². The molecule has 0 atom stereocenters. The number of hydrogen-bond acceptors (Lipinski definition) is 6. The maximum atomic E-state index is 13.2. The van der Waals surface area contributed by atoms with Crippen LogP contribution in [0.1, 0.15) is 5.56 Å². The Labute approximate surface area is 203 Å². The SMILES string of the molecule is O=C1C(=O)N(CN2CCN(S(=O)(=O)c3ccc4ccccc4c3)CC2)C(=O)N1Cc1ccccc1. The molecule has 2 fully saturated rings. The summed E-state index contributed by atoms with van der Waals surface area (Å²) >= 11 is 0. The van der Waals surface area contributed by atoms with E-state index >= 15 is 0 Å². The van der Waals surface area contributed by atoms with Crippen molar-refractivity contribution in [2.75, 3.05) is 32.8 Å². The molecule has 4 amide bonds. The average molecular weight is 493 g/mol. The fourth-order valence-corrected chi connectivity index (χ4v) is 5.83. The van der Waals surface area contributed by atoms with Gasteiger partial charge < -0.3 is 0 Å². The summed E-state index contributed by atoms with van der Waals surface area (Å²) in [4.78, 5) is 41.6. The third-order valence-corrected chi connectivity index (χ3v) is 8.24. The third-order valence-electron chi connectivity index (χ3n) is 6.35. The highest BCUT2D eigenvalue weighted by Crippen LogP contribution is 2.23. The lowest BCUT2D eigenvalue weighted by Gasteiger charge is -2.35. The van der Waals surface area contributed by atoms with Crippen molar-refractivity contribution in [3.05, 3.63) is 78.4 Å². The number of sulfonamides is 1. The van der Waals surface area contributed by atoms with Crippen LogP contribution in [-0.2, 0) is 26.2 Å². The van der Waals surface area contributed by atoms with E-state index in [0.717, 1.165) is 26.1 Å². The Morgan fingerprint density at radius 3 is 2.03 bits per heavy atom. The van der Waals surface area contributed by atoms with Gasteiger partial charge in [0, 0.05) is 26.2 Å². The molecule has 180 valence electrons. The molecule has 3 aromatic rings. The Morgan fingerprint density at radius 2 is 1.31 bits per heavy atom. The Hall–Kier alpha value is -3.60. The zero-order valence-electron chi connectivity index (χ0n) is 18.9. The number of benzene rings is 3. The first-order valence-corrected chi connectivity index (χ1v) is 12.7. The summed E-state index contributed by atoms with van der Waals surface area (Å²) in [5.41, 5.74) is 0.747. The van der Waals surface area contributed by atoms with E-state index in [-0.39, 0.29) is 31.2 Å². The number of urea groups is 1. The fraction of sp³-hybridized carbons (Fsp3) is 0.240. The second kappa shape index (κ2) is 9.21. The first-order valence-electron chi connectivity index (χ1n) is 11.3. The molecule has 0 spiro atoms. The van der Waals surface area contributed by atoms with Crippen molar-refractivity contribution in [1.82, 2.24) is 19.0 Å². The highest BCUT2D eigenvalue weighted by Gasteiger charge is 2.45. The molecule has 2 aliphatic heterocycles. The van der Waals surface area contributed by atoms with Gasteiger partial charge in [0.25, 0.3) is 0 Å². The Balaban J connectivity index is 1.23. The average Bonchev–Trinajstić information content (AvgIpc) is 3.08. The lowest BCUT2D eigenvalue weighted by molar-refractivity contribution is -0.144. The van der Waals surface area contributed by atoms with Gasteiger partial charge in [-0.25, -0.2) is 18.1 Å². The standard InChI is InChI=1S/C25H24N4O5S/c30-23-24(31)29(25(32)28(23)17-19-6-2-1-3-7-19)18-26-12-14-27(15-13-26)35(33,34)22-11-10-20-8-4-5-9-21(20)16-22/h1-11,16H,12-15,17-18H2. The van der Waals surface area contributed by atoms with Crippen LogP contribution in [0.2, 0.25) is 0 Å². The van der Waals surface area contributed by atoms with E-state index in [0.29, 0.717) is 13.1 Å². The van der Waals surface area contributed by atoms with Crippen molar-refractivity contribution in [2.45, 2.75) is 11.4 Å². The minimum atomic E-state index is -3.68. The van der Waals surface area contributed by atoms with Crippen LogP contribution in [0.5, 0.6) is 0 Å². The van der Waals surface area contributed by atoms with Crippen LogP contribution in [0.4, 0.5) is 4.79 Å². The summed E-state index contributed by atoms with van der Waals surface area (Å²) in [6.45, 7) is 1.06. The summed E-state index contributed by atoms with van der Waals surface area (Å²) in [6.07, 6.45) is 0. The molecule has 2 heterocycles. The normalized spacial score (nSPS) is 18.1. The number of piperazine rings is 1. The van der Waals surface area contributed by atoms with E-state index in [1.165, 1.54) is 4.31 Å².